The summed E-state index contributed by atoms with van der Waals surface area (Å²) < 4.78 is 32.3. The van der Waals surface area contributed by atoms with E-state index in [0.717, 1.165) is 23.4 Å². The van der Waals surface area contributed by atoms with E-state index >= 15 is 0 Å². The Kier molecular flexibility index (Phi) is 5.00. The molecule has 1 unspecified atom stereocenters. The third-order valence-electron chi connectivity index (χ3n) is 2.95. The fourth-order valence-electron chi connectivity index (χ4n) is 1.86. The molecule has 1 atom stereocenters. The molecule has 0 spiro atoms. The summed E-state index contributed by atoms with van der Waals surface area (Å²) in [5.41, 5.74) is 1.24. The molecule has 0 N–H and O–H groups in total. The number of hydrogen-bond donors (Lipinski definition) is 0. The molecule has 20 heavy (non-hydrogen) atoms. The van der Waals surface area contributed by atoms with Crippen LogP contribution in [0.5, 0.6) is 5.75 Å². The quantitative estimate of drug-likeness (QED) is 0.530. The molecule has 2 aromatic rings. The molecule has 0 heterocycles. The number of benzene rings is 2. The van der Waals surface area contributed by atoms with Crippen LogP contribution in [0.15, 0.2) is 36.4 Å². The molecule has 0 saturated carbocycles. The molecule has 0 aliphatic carbocycles. The molecule has 0 aliphatic heterocycles. The van der Waals surface area contributed by atoms with Gasteiger partial charge in [-0.1, -0.05) is 39.7 Å². The van der Waals surface area contributed by atoms with E-state index in [1.165, 1.54) is 0 Å². The van der Waals surface area contributed by atoms with Crippen molar-refractivity contribution in [3.8, 4) is 5.75 Å². The smallest absolute Gasteiger partial charge is 0.142 e. The molecular weight excluding hydrogens is 350 g/mol. The minimum absolute atomic E-state index is 0.213. The van der Waals surface area contributed by atoms with Gasteiger partial charge in [-0.05, 0) is 36.2 Å². The van der Waals surface area contributed by atoms with E-state index in [1.54, 1.807) is 7.11 Å². The largest absolute Gasteiger partial charge is 0.497 e. The topological polar surface area (TPSA) is 9.23 Å². The number of rotatable bonds is 4. The molecule has 0 aliphatic rings. The van der Waals surface area contributed by atoms with Crippen molar-refractivity contribution in [1.82, 2.24) is 0 Å². The third-order valence-corrected chi connectivity index (χ3v) is 4.06. The summed E-state index contributed by atoms with van der Waals surface area (Å²) in [4.78, 5) is -0.331. The van der Waals surface area contributed by atoms with Gasteiger partial charge in [0, 0.05) is 10.4 Å². The molecule has 1 nitrogen and oxygen atoms in total. The summed E-state index contributed by atoms with van der Waals surface area (Å²) in [6.07, 6.45) is 0.530. The maximum atomic E-state index is 13.8. The molecule has 0 amide bonds. The van der Waals surface area contributed by atoms with Gasteiger partial charge in [-0.25, -0.2) is 8.78 Å². The first-order chi connectivity index (χ1) is 9.51. The number of alkyl halides is 1. The Balaban J connectivity index is 2.18. The zero-order valence-corrected chi connectivity index (χ0v) is 13.0. The Labute approximate surface area is 129 Å². The van der Waals surface area contributed by atoms with Crippen molar-refractivity contribution in [2.75, 3.05) is 7.11 Å². The second-order valence-corrected chi connectivity index (χ2v) is 5.82. The minimum Gasteiger partial charge on any atom is -0.497 e. The number of halogens is 4. The van der Waals surface area contributed by atoms with Crippen LogP contribution in [0.25, 0.3) is 0 Å². The number of ether oxygens (including phenoxy) is 1. The van der Waals surface area contributed by atoms with Gasteiger partial charge < -0.3 is 4.74 Å². The van der Waals surface area contributed by atoms with Gasteiger partial charge in [0.1, 0.15) is 17.4 Å². The van der Waals surface area contributed by atoms with Crippen LogP contribution in [-0.2, 0) is 6.42 Å². The zero-order chi connectivity index (χ0) is 14.7. The molecule has 106 valence electrons. The van der Waals surface area contributed by atoms with Crippen LogP contribution in [0.2, 0.25) is 5.02 Å². The zero-order valence-electron chi connectivity index (χ0n) is 10.7. The molecule has 0 fully saturated rings. The lowest BCUT2D eigenvalue weighted by Gasteiger charge is -2.12. The maximum Gasteiger partial charge on any atom is 0.142 e. The molecule has 0 aromatic heterocycles. The summed E-state index contributed by atoms with van der Waals surface area (Å²) in [6, 6.07) is 9.55. The lowest BCUT2D eigenvalue weighted by molar-refractivity contribution is 0.414. The summed E-state index contributed by atoms with van der Waals surface area (Å²) in [6.45, 7) is 0. The van der Waals surface area contributed by atoms with E-state index in [2.05, 4.69) is 15.9 Å². The van der Waals surface area contributed by atoms with E-state index in [9.17, 15) is 8.78 Å². The van der Waals surface area contributed by atoms with Gasteiger partial charge in [0.2, 0.25) is 0 Å². The van der Waals surface area contributed by atoms with Gasteiger partial charge >= 0.3 is 0 Å². The third kappa shape index (κ3) is 3.49. The maximum absolute atomic E-state index is 13.8. The molecule has 2 rings (SSSR count). The molecule has 2 aromatic carbocycles. The van der Waals surface area contributed by atoms with Crippen LogP contribution < -0.4 is 4.74 Å². The summed E-state index contributed by atoms with van der Waals surface area (Å²) >= 11 is 8.93. The fraction of sp³-hybridized carbons (Fsp3) is 0.200. The van der Waals surface area contributed by atoms with E-state index in [0.29, 0.717) is 6.42 Å². The Hall–Kier alpha value is -1.13. The van der Waals surface area contributed by atoms with Crippen molar-refractivity contribution in [1.29, 1.82) is 0 Å². The molecule has 0 radical (unpaired) electrons. The molecule has 0 saturated heterocycles. The Bertz CT molecular complexity index is 602. The first kappa shape index (κ1) is 15.3. The first-order valence-corrected chi connectivity index (χ1v) is 7.22. The van der Waals surface area contributed by atoms with Crippen molar-refractivity contribution in [3.05, 3.63) is 64.2 Å². The highest BCUT2D eigenvalue weighted by Crippen LogP contribution is 2.32. The summed E-state index contributed by atoms with van der Waals surface area (Å²) in [7, 11) is 1.59. The van der Waals surface area contributed by atoms with Crippen LogP contribution in [-0.4, -0.2) is 7.11 Å². The van der Waals surface area contributed by atoms with E-state index in [1.807, 2.05) is 24.3 Å². The van der Waals surface area contributed by atoms with Crippen LogP contribution in [0.1, 0.15) is 16.0 Å². The predicted octanol–water partition coefficient (Wildman–Crippen LogP) is 5.31. The van der Waals surface area contributed by atoms with Crippen LogP contribution in [0.3, 0.4) is 0 Å². The second-order valence-electron chi connectivity index (χ2n) is 4.31. The summed E-state index contributed by atoms with van der Waals surface area (Å²) in [5, 5.41) is -0.213. The van der Waals surface area contributed by atoms with E-state index in [4.69, 9.17) is 16.3 Å². The lowest BCUT2D eigenvalue weighted by Crippen LogP contribution is -2.00. The number of methoxy groups -OCH3 is 1. The Morgan fingerprint density at radius 2 is 1.80 bits per heavy atom. The normalized spacial score (nSPS) is 12.2. The Morgan fingerprint density at radius 1 is 1.15 bits per heavy atom. The number of hydrogen-bond acceptors (Lipinski definition) is 1. The minimum atomic E-state index is -0.623. The first-order valence-electron chi connectivity index (χ1n) is 5.92. The highest BCUT2D eigenvalue weighted by atomic mass is 79.9. The average molecular weight is 362 g/mol. The van der Waals surface area contributed by atoms with Gasteiger partial charge in [0.25, 0.3) is 0 Å². The lowest BCUT2D eigenvalue weighted by atomic mass is 10.0. The SMILES string of the molecule is COc1ccc(CC(Br)c2cc(F)c(Cl)cc2F)cc1. The predicted molar refractivity (Wildman–Crippen MR) is 79.7 cm³/mol. The summed E-state index contributed by atoms with van der Waals surface area (Å²) in [5.74, 6) is -0.391. The van der Waals surface area contributed by atoms with Crippen molar-refractivity contribution in [2.24, 2.45) is 0 Å². The van der Waals surface area contributed by atoms with Gasteiger partial charge in [0.05, 0.1) is 12.1 Å². The standard InChI is InChI=1S/C15H12BrClF2O/c1-20-10-4-2-9(3-5-10)6-12(16)11-7-15(19)13(17)8-14(11)18/h2-5,7-8,12H,6H2,1H3. The van der Waals surface area contributed by atoms with Crippen LogP contribution >= 0.6 is 27.5 Å². The molecule has 5 heteroatoms. The highest BCUT2D eigenvalue weighted by molar-refractivity contribution is 9.09. The van der Waals surface area contributed by atoms with Crippen molar-refractivity contribution < 1.29 is 13.5 Å². The molecule has 0 bridgehead atoms. The highest BCUT2D eigenvalue weighted by Gasteiger charge is 2.16. The van der Waals surface area contributed by atoms with E-state index in [-0.39, 0.29) is 15.4 Å². The van der Waals surface area contributed by atoms with Gasteiger partial charge in [-0.2, -0.15) is 0 Å². The monoisotopic (exact) mass is 360 g/mol. The second kappa shape index (κ2) is 6.55. The molecular formula is C15H12BrClF2O. The van der Waals surface area contributed by atoms with Crippen LogP contribution in [0, 0.1) is 11.6 Å². The van der Waals surface area contributed by atoms with Crippen LogP contribution in [0.4, 0.5) is 8.78 Å². The van der Waals surface area contributed by atoms with Crippen molar-refractivity contribution in [3.63, 3.8) is 0 Å². The van der Waals surface area contributed by atoms with Gasteiger partial charge in [-0.15, -0.1) is 0 Å². The fourth-order valence-corrected chi connectivity index (χ4v) is 2.73. The van der Waals surface area contributed by atoms with Gasteiger partial charge in [0.15, 0.2) is 0 Å². The average Bonchev–Trinajstić information content (AvgIpc) is 2.43. The van der Waals surface area contributed by atoms with Gasteiger partial charge in [-0.3, -0.25) is 0 Å². The van der Waals surface area contributed by atoms with Crippen molar-refractivity contribution in [2.45, 2.75) is 11.2 Å². The van der Waals surface area contributed by atoms with Crippen molar-refractivity contribution >= 4 is 27.5 Å². The van der Waals surface area contributed by atoms with E-state index < -0.39 is 11.6 Å². The Morgan fingerprint density at radius 3 is 2.40 bits per heavy atom.